The molecule has 0 saturated carbocycles. The summed E-state index contributed by atoms with van der Waals surface area (Å²) in [6.07, 6.45) is 5.03. The lowest BCUT2D eigenvalue weighted by Gasteiger charge is -2.29. The number of hydrogen-bond donors (Lipinski definition) is 1. The summed E-state index contributed by atoms with van der Waals surface area (Å²) < 4.78 is 17.6. The van der Waals surface area contributed by atoms with Gasteiger partial charge in [0.05, 0.1) is 0 Å². The number of hydrogen-bond acceptors (Lipinski definition) is 4. The Kier molecular flexibility index (Phi) is 6.34. The molecule has 0 saturated heterocycles. The molecule has 4 nitrogen and oxygen atoms in total. The normalized spacial score (nSPS) is 14.5. The molecule has 0 heterocycles. The third-order valence-corrected chi connectivity index (χ3v) is 6.92. The van der Waals surface area contributed by atoms with E-state index in [4.69, 9.17) is 19.0 Å². The molecule has 2 rings (SSSR count). The zero-order valence-corrected chi connectivity index (χ0v) is 14.8. The first-order chi connectivity index (χ1) is 10.6. The molecule has 1 atom stereocenters. The van der Waals surface area contributed by atoms with Crippen LogP contribution in [0.4, 0.5) is 0 Å². The van der Waals surface area contributed by atoms with Crippen LogP contribution in [0.3, 0.4) is 0 Å². The Morgan fingerprint density at radius 3 is 2.00 bits per heavy atom. The number of nitrogens with two attached hydrogens (primary N) is 1. The van der Waals surface area contributed by atoms with Crippen LogP contribution >= 0.6 is 0 Å². The van der Waals surface area contributed by atoms with Crippen molar-refractivity contribution >= 4 is 21.0 Å². The van der Waals surface area contributed by atoms with Crippen LogP contribution in [0.15, 0.2) is 18.2 Å². The van der Waals surface area contributed by atoms with Gasteiger partial charge in [-0.2, -0.15) is 0 Å². The van der Waals surface area contributed by atoms with Crippen molar-refractivity contribution in [2.45, 2.75) is 39.3 Å². The standard InChI is InChI=1S/C17H27NO3Si/c1-4-19-22(20-5-2,21-6-3)12-11-17(18)16-10-8-14-7-9-15(14)13-16/h7-10,13,17H,4-6,11-12,18H2,1-3H3. The highest BCUT2D eigenvalue weighted by molar-refractivity contribution is 6.60. The SMILES string of the molecule is CCO[Si](CCC(N)c1ccc2c(c1)C=C2)(OCC)OCC. The number of benzene rings is 1. The zero-order valence-electron chi connectivity index (χ0n) is 13.8. The molecule has 1 aromatic rings. The molecular formula is C17H27NO3Si. The summed E-state index contributed by atoms with van der Waals surface area (Å²) in [5.74, 6) is 0. The van der Waals surface area contributed by atoms with Crippen LogP contribution in [0.1, 0.15) is 49.9 Å². The van der Waals surface area contributed by atoms with Crippen LogP contribution in [0, 0.1) is 0 Å². The highest BCUT2D eigenvalue weighted by Crippen LogP contribution is 2.29. The summed E-state index contributed by atoms with van der Waals surface area (Å²) in [6, 6.07) is 7.13. The van der Waals surface area contributed by atoms with E-state index in [0.717, 1.165) is 18.0 Å². The van der Waals surface area contributed by atoms with Gasteiger partial charge in [0.15, 0.2) is 0 Å². The van der Waals surface area contributed by atoms with E-state index < -0.39 is 8.80 Å². The van der Waals surface area contributed by atoms with Gasteiger partial charge in [-0.1, -0.05) is 24.3 Å². The van der Waals surface area contributed by atoms with Gasteiger partial charge in [-0.25, -0.2) is 0 Å². The predicted molar refractivity (Wildman–Crippen MR) is 92.4 cm³/mol. The molecule has 1 unspecified atom stereocenters. The van der Waals surface area contributed by atoms with Crippen molar-refractivity contribution in [3.8, 4) is 0 Å². The monoisotopic (exact) mass is 321 g/mol. The van der Waals surface area contributed by atoms with Gasteiger partial charge in [0.2, 0.25) is 0 Å². The van der Waals surface area contributed by atoms with Crippen LogP contribution < -0.4 is 5.73 Å². The molecule has 0 aliphatic heterocycles. The fraction of sp³-hybridized carbons (Fsp3) is 0.529. The average Bonchev–Trinajstić information content (AvgIpc) is 2.47. The van der Waals surface area contributed by atoms with Gasteiger partial charge in [0.25, 0.3) is 0 Å². The second-order valence-electron chi connectivity index (χ2n) is 5.35. The van der Waals surface area contributed by atoms with Crippen LogP contribution in [0.25, 0.3) is 12.2 Å². The lowest BCUT2D eigenvalue weighted by atomic mass is 9.93. The zero-order chi connectivity index (χ0) is 16.0. The van der Waals surface area contributed by atoms with Gasteiger partial charge in [-0.05, 0) is 49.9 Å². The fourth-order valence-electron chi connectivity index (χ4n) is 2.70. The molecule has 5 heteroatoms. The summed E-state index contributed by atoms with van der Waals surface area (Å²) in [7, 11) is -2.60. The predicted octanol–water partition coefficient (Wildman–Crippen LogP) is 3.61. The summed E-state index contributed by atoms with van der Waals surface area (Å²) >= 11 is 0. The maximum Gasteiger partial charge on any atom is 0.500 e. The van der Waals surface area contributed by atoms with E-state index >= 15 is 0 Å². The van der Waals surface area contributed by atoms with Crippen molar-refractivity contribution in [2.75, 3.05) is 19.8 Å². The molecular weight excluding hydrogens is 294 g/mol. The molecule has 0 aromatic heterocycles. The molecule has 1 aromatic carbocycles. The van der Waals surface area contributed by atoms with E-state index in [1.54, 1.807) is 0 Å². The van der Waals surface area contributed by atoms with E-state index in [0.29, 0.717) is 19.8 Å². The number of rotatable bonds is 10. The smallest absolute Gasteiger partial charge is 0.374 e. The topological polar surface area (TPSA) is 53.7 Å². The summed E-state index contributed by atoms with van der Waals surface area (Å²) in [6.45, 7) is 7.73. The quantitative estimate of drug-likeness (QED) is 0.679. The highest BCUT2D eigenvalue weighted by Gasteiger charge is 2.40. The highest BCUT2D eigenvalue weighted by atomic mass is 28.4. The molecule has 1 aliphatic carbocycles. The Hall–Kier alpha value is -0.983. The van der Waals surface area contributed by atoms with Crippen LogP contribution in [0.2, 0.25) is 6.04 Å². The average molecular weight is 321 g/mol. The molecule has 0 bridgehead atoms. The molecule has 0 radical (unpaired) electrons. The minimum atomic E-state index is -2.60. The van der Waals surface area contributed by atoms with Crippen LogP contribution in [0.5, 0.6) is 0 Å². The maximum atomic E-state index is 6.37. The second-order valence-corrected chi connectivity index (χ2v) is 8.08. The maximum absolute atomic E-state index is 6.37. The van der Waals surface area contributed by atoms with Gasteiger partial charge in [-0.15, -0.1) is 0 Å². The van der Waals surface area contributed by atoms with Gasteiger partial charge < -0.3 is 19.0 Å². The van der Waals surface area contributed by atoms with Crippen LogP contribution in [-0.4, -0.2) is 28.6 Å². The van der Waals surface area contributed by atoms with E-state index in [1.165, 1.54) is 11.1 Å². The van der Waals surface area contributed by atoms with Crippen LogP contribution in [-0.2, 0) is 13.3 Å². The summed E-state index contributed by atoms with van der Waals surface area (Å²) in [4.78, 5) is 0. The van der Waals surface area contributed by atoms with Crippen molar-refractivity contribution in [1.29, 1.82) is 0 Å². The van der Waals surface area contributed by atoms with E-state index in [9.17, 15) is 0 Å². The molecule has 0 fully saturated rings. The third-order valence-electron chi connectivity index (χ3n) is 3.84. The largest absolute Gasteiger partial charge is 0.500 e. The Labute approximate surface area is 134 Å². The van der Waals surface area contributed by atoms with Gasteiger partial charge in [0, 0.05) is 31.9 Å². The Morgan fingerprint density at radius 1 is 0.955 bits per heavy atom. The lowest BCUT2D eigenvalue weighted by molar-refractivity contribution is 0.0703. The number of fused-ring (bicyclic) bond motifs is 1. The van der Waals surface area contributed by atoms with Crippen molar-refractivity contribution in [3.63, 3.8) is 0 Å². The summed E-state index contributed by atoms with van der Waals surface area (Å²) in [5, 5.41) is 0. The van der Waals surface area contributed by atoms with Crippen molar-refractivity contribution < 1.29 is 13.3 Å². The van der Waals surface area contributed by atoms with E-state index in [-0.39, 0.29) is 6.04 Å². The minimum absolute atomic E-state index is 0.0208. The first-order valence-electron chi connectivity index (χ1n) is 8.13. The molecule has 122 valence electrons. The Morgan fingerprint density at radius 2 is 1.55 bits per heavy atom. The second kappa shape index (κ2) is 8.03. The molecule has 1 aliphatic rings. The van der Waals surface area contributed by atoms with Crippen molar-refractivity contribution in [3.05, 3.63) is 34.9 Å². The third kappa shape index (κ3) is 4.06. The molecule has 22 heavy (non-hydrogen) atoms. The first kappa shape index (κ1) is 17.4. The van der Waals surface area contributed by atoms with Gasteiger partial charge in [-0.3, -0.25) is 0 Å². The Bertz CT molecular complexity index is 502. The molecule has 2 N–H and O–H groups in total. The Balaban J connectivity index is 1.99. The molecule has 0 spiro atoms. The fourth-order valence-corrected chi connectivity index (χ4v) is 5.37. The minimum Gasteiger partial charge on any atom is -0.374 e. The first-order valence-corrected chi connectivity index (χ1v) is 10.1. The lowest BCUT2D eigenvalue weighted by Crippen LogP contribution is -2.46. The molecule has 0 amide bonds. The van der Waals surface area contributed by atoms with Gasteiger partial charge >= 0.3 is 8.80 Å². The van der Waals surface area contributed by atoms with E-state index in [2.05, 4.69) is 30.4 Å². The van der Waals surface area contributed by atoms with E-state index in [1.807, 2.05) is 20.8 Å². The van der Waals surface area contributed by atoms with Crippen molar-refractivity contribution in [2.24, 2.45) is 5.73 Å². The van der Waals surface area contributed by atoms with Gasteiger partial charge in [0.1, 0.15) is 0 Å². The van der Waals surface area contributed by atoms with Crippen molar-refractivity contribution in [1.82, 2.24) is 0 Å². The summed E-state index contributed by atoms with van der Waals surface area (Å²) in [5.41, 5.74) is 10.1.